The van der Waals surface area contributed by atoms with Crippen LogP contribution in [0.15, 0.2) is 41.3 Å². The molecule has 1 aliphatic heterocycles. The molecule has 2 amide bonds. The summed E-state index contributed by atoms with van der Waals surface area (Å²) in [6.07, 6.45) is -0.540. The van der Waals surface area contributed by atoms with Crippen molar-refractivity contribution in [2.45, 2.75) is 18.7 Å². The van der Waals surface area contributed by atoms with Crippen molar-refractivity contribution in [3.63, 3.8) is 0 Å². The Morgan fingerprint density at radius 2 is 1.72 bits per heavy atom. The number of rotatable bonds is 5. The summed E-state index contributed by atoms with van der Waals surface area (Å²) >= 11 is 0. The largest absolute Gasteiger partial charge is 0.450 e. The number of nitrogens with zero attached hydrogens (tertiary/aromatic N) is 2. The Morgan fingerprint density at radius 3 is 2.34 bits per heavy atom. The van der Waals surface area contributed by atoms with E-state index in [2.05, 4.69) is 5.32 Å². The molecule has 2 aromatic carbocycles. The van der Waals surface area contributed by atoms with Crippen LogP contribution in [0.4, 0.5) is 19.3 Å². The number of amides is 2. The van der Waals surface area contributed by atoms with Gasteiger partial charge in [0.1, 0.15) is 16.5 Å². The molecule has 0 aliphatic carbocycles. The summed E-state index contributed by atoms with van der Waals surface area (Å²) in [4.78, 5) is 25.1. The van der Waals surface area contributed by atoms with Crippen LogP contribution >= 0.6 is 0 Å². The van der Waals surface area contributed by atoms with Crippen LogP contribution in [0.3, 0.4) is 0 Å². The summed E-state index contributed by atoms with van der Waals surface area (Å²) < 4.78 is 60.1. The lowest BCUT2D eigenvalue weighted by molar-refractivity contribution is 0.0933. The smallest absolute Gasteiger partial charge is 0.409 e. The van der Waals surface area contributed by atoms with Gasteiger partial charge in [0.15, 0.2) is 0 Å². The molecule has 172 valence electrons. The highest BCUT2D eigenvalue weighted by Crippen LogP contribution is 2.23. The standard InChI is InChI=1S/C21H23F2N3O5S/c1-3-31-21(28)25-8-10-26(11-9-25)32(29,30)19-12-15(5-7-17(19)22)20(27)24-16-6-4-14(2)18(23)13-16/h4-7,12-13H,3,8-11H2,1-2H3,(H,24,27). The molecule has 1 heterocycles. The molecule has 0 spiro atoms. The lowest BCUT2D eigenvalue weighted by Gasteiger charge is -2.33. The van der Waals surface area contributed by atoms with Gasteiger partial charge in [0.05, 0.1) is 6.61 Å². The highest BCUT2D eigenvalue weighted by Gasteiger charge is 2.33. The summed E-state index contributed by atoms with van der Waals surface area (Å²) in [5, 5.41) is 2.47. The normalized spacial score (nSPS) is 14.8. The van der Waals surface area contributed by atoms with Gasteiger partial charge in [-0.3, -0.25) is 4.79 Å². The second kappa shape index (κ2) is 9.61. The minimum Gasteiger partial charge on any atom is -0.450 e. The quantitative estimate of drug-likeness (QED) is 0.730. The fraction of sp³-hybridized carbons (Fsp3) is 0.333. The number of piperazine rings is 1. The van der Waals surface area contributed by atoms with Crippen molar-refractivity contribution >= 4 is 27.7 Å². The molecule has 1 fully saturated rings. The molecule has 0 atom stereocenters. The second-order valence-electron chi connectivity index (χ2n) is 7.15. The highest BCUT2D eigenvalue weighted by atomic mass is 32.2. The zero-order valence-electron chi connectivity index (χ0n) is 17.6. The molecule has 8 nitrogen and oxygen atoms in total. The molecule has 1 aliphatic rings. The number of benzene rings is 2. The van der Waals surface area contributed by atoms with Crippen LogP contribution in [0.25, 0.3) is 0 Å². The summed E-state index contributed by atoms with van der Waals surface area (Å²) in [5.74, 6) is -2.22. The van der Waals surface area contributed by atoms with Crippen molar-refractivity contribution in [1.82, 2.24) is 9.21 Å². The Bertz CT molecular complexity index is 1130. The molecule has 3 rings (SSSR count). The molecule has 1 saturated heterocycles. The van der Waals surface area contributed by atoms with E-state index >= 15 is 0 Å². The number of carbonyl (C=O) groups excluding carboxylic acids is 2. The van der Waals surface area contributed by atoms with Gasteiger partial charge >= 0.3 is 6.09 Å². The monoisotopic (exact) mass is 467 g/mol. The zero-order valence-corrected chi connectivity index (χ0v) is 18.4. The fourth-order valence-corrected chi connectivity index (χ4v) is 4.69. The molecule has 2 aromatic rings. The van der Waals surface area contributed by atoms with Crippen LogP contribution in [-0.2, 0) is 14.8 Å². The Kier molecular flexibility index (Phi) is 7.09. The van der Waals surface area contributed by atoms with Crippen LogP contribution < -0.4 is 5.32 Å². The fourth-order valence-electron chi connectivity index (χ4n) is 3.18. The first-order valence-corrected chi connectivity index (χ1v) is 11.4. The zero-order chi connectivity index (χ0) is 23.5. The molecule has 0 bridgehead atoms. The molecule has 0 saturated carbocycles. The Hall–Kier alpha value is -3.05. The number of hydrogen-bond acceptors (Lipinski definition) is 5. The average Bonchev–Trinajstić information content (AvgIpc) is 2.76. The van der Waals surface area contributed by atoms with E-state index in [9.17, 15) is 26.8 Å². The number of nitrogens with one attached hydrogen (secondary N) is 1. The maximum atomic E-state index is 14.4. The lowest BCUT2D eigenvalue weighted by Crippen LogP contribution is -2.50. The van der Waals surface area contributed by atoms with E-state index in [0.717, 1.165) is 28.6 Å². The number of sulfonamides is 1. The lowest BCUT2D eigenvalue weighted by atomic mass is 10.2. The number of aryl methyl sites for hydroxylation is 1. The average molecular weight is 467 g/mol. The van der Waals surface area contributed by atoms with Crippen molar-refractivity contribution in [1.29, 1.82) is 0 Å². The predicted molar refractivity (Wildman–Crippen MR) is 113 cm³/mol. The molecule has 0 aromatic heterocycles. The van der Waals surface area contributed by atoms with Gasteiger partial charge in [-0.1, -0.05) is 6.07 Å². The van der Waals surface area contributed by atoms with Crippen molar-refractivity contribution in [2.75, 3.05) is 38.1 Å². The van der Waals surface area contributed by atoms with Gasteiger partial charge in [0.25, 0.3) is 5.91 Å². The molecule has 0 unspecified atom stereocenters. The van der Waals surface area contributed by atoms with E-state index in [4.69, 9.17) is 4.74 Å². The number of halogens is 2. The van der Waals surface area contributed by atoms with E-state index in [1.807, 2.05) is 0 Å². The summed E-state index contributed by atoms with van der Waals surface area (Å²) in [6, 6.07) is 7.11. The van der Waals surface area contributed by atoms with Crippen molar-refractivity contribution in [3.8, 4) is 0 Å². The number of hydrogen-bond donors (Lipinski definition) is 1. The van der Waals surface area contributed by atoms with Crippen molar-refractivity contribution < 1.29 is 31.5 Å². The maximum Gasteiger partial charge on any atom is 0.409 e. The third-order valence-corrected chi connectivity index (χ3v) is 6.92. The van der Waals surface area contributed by atoms with Crippen LogP contribution in [0, 0.1) is 18.6 Å². The topological polar surface area (TPSA) is 96.0 Å². The summed E-state index contributed by atoms with van der Waals surface area (Å²) in [5.41, 5.74) is 0.485. The Labute approximate surface area is 184 Å². The molecule has 32 heavy (non-hydrogen) atoms. The van der Waals surface area contributed by atoms with Gasteiger partial charge in [-0.15, -0.1) is 0 Å². The number of carbonyl (C=O) groups is 2. The van der Waals surface area contributed by atoms with Gasteiger partial charge in [-0.2, -0.15) is 4.31 Å². The summed E-state index contributed by atoms with van der Waals surface area (Å²) in [6.45, 7) is 3.55. The predicted octanol–water partition coefficient (Wildman–Crippen LogP) is 2.99. The van der Waals surface area contributed by atoms with Gasteiger partial charge in [-0.25, -0.2) is 22.0 Å². The first-order valence-electron chi connectivity index (χ1n) is 9.92. The van der Waals surface area contributed by atoms with Gasteiger partial charge in [0.2, 0.25) is 10.0 Å². The summed E-state index contributed by atoms with van der Waals surface area (Å²) in [7, 11) is -4.26. The first kappa shape index (κ1) is 23.6. The van der Waals surface area contributed by atoms with Crippen molar-refractivity contribution in [3.05, 3.63) is 59.2 Å². The molecule has 0 radical (unpaired) electrons. The van der Waals surface area contributed by atoms with Crippen LogP contribution in [0.2, 0.25) is 0 Å². The third kappa shape index (κ3) is 5.05. The first-order chi connectivity index (χ1) is 15.1. The highest BCUT2D eigenvalue weighted by molar-refractivity contribution is 7.89. The van der Waals surface area contributed by atoms with Crippen LogP contribution in [-0.4, -0.2) is 62.4 Å². The number of anilines is 1. The molecule has 11 heteroatoms. The van der Waals surface area contributed by atoms with Crippen LogP contribution in [0.5, 0.6) is 0 Å². The molecular weight excluding hydrogens is 444 g/mol. The molecule has 1 N–H and O–H groups in total. The van der Waals surface area contributed by atoms with E-state index in [0.29, 0.717) is 5.56 Å². The van der Waals surface area contributed by atoms with E-state index in [1.165, 1.54) is 17.0 Å². The Morgan fingerprint density at radius 1 is 1.03 bits per heavy atom. The SMILES string of the molecule is CCOC(=O)N1CCN(S(=O)(=O)c2cc(C(=O)Nc3ccc(C)c(F)c3)ccc2F)CC1. The minimum atomic E-state index is -4.26. The Balaban J connectivity index is 1.78. The minimum absolute atomic E-state index is 0.0420. The number of ether oxygens (including phenoxy) is 1. The van der Waals surface area contributed by atoms with E-state index in [1.54, 1.807) is 13.8 Å². The van der Waals surface area contributed by atoms with Crippen molar-refractivity contribution in [2.24, 2.45) is 0 Å². The van der Waals surface area contributed by atoms with Gasteiger partial charge < -0.3 is 15.0 Å². The van der Waals surface area contributed by atoms with E-state index in [-0.39, 0.29) is 44.0 Å². The second-order valence-corrected chi connectivity index (χ2v) is 9.06. The van der Waals surface area contributed by atoms with Gasteiger partial charge in [-0.05, 0) is 49.7 Å². The van der Waals surface area contributed by atoms with E-state index < -0.39 is 38.6 Å². The third-order valence-electron chi connectivity index (χ3n) is 5.01. The van der Waals surface area contributed by atoms with Crippen LogP contribution in [0.1, 0.15) is 22.8 Å². The maximum absolute atomic E-state index is 14.4. The molecular formula is C21H23F2N3O5S. The van der Waals surface area contributed by atoms with Gasteiger partial charge in [0, 0.05) is 37.4 Å².